The van der Waals surface area contributed by atoms with Gasteiger partial charge in [0.25, 0.3) is 5.91 Å². The highest BCUT2D eigenvalue weighted by molar-refractivity contribution is 5.91. The van der Waals surface area contributed by atoms with Gasteiger partial charge in [0.15, 0.2) is 5.69 Å². The molecular formula is C25H27N5O4. The molecule has 1 unspecified atom stereocenters. The van der Waals surface area contributed by atoms with Gasteiger partial charge in [-0.1, -0.05) is 48.5 Å². The Kier molecular flexibility index (Phi) is 7.56. The summed E-state index contributed by atoms with van der Waals surface area (Å²) in [4.78, 5) is 31.5. The molecule has 4 rings (SSSR count). The molecule has 9 nitrogen and oxygen atoms in total. The maximum atomic E-state index is 12.3. The van der Waals surface area contributed by atoms with Crippen LogP contribution < -0.4 is 16.4 Å². The van der Waals surface area contributed by atoms with E-state index < -0.39 is 12.1 Å². The number of rotatable bonds is 10. The van der Waals surface area contributed by atoms with Gasteiger partial charge in [-0.25, -0.2) is 9.78 Å². The van der Waals surface area contributed by atoms with E-state index in [2.05, 4.69) is 20.6 Å². The fraction of sp³-hybridized carbons (Fsp3) is 0.240. The average Bonchev–Trinajstić information content (AvgIpc) is 3.51. The van der Waals surface area contributed by atoms with Gasteiger partial charge in [0.05, 0.1) is 6.04 Å². The van der Waals surface area contributed by atoms with Crippen LogP contribution in [0.1, 0.15) is 40.0 Å². The Hall–Kier alpha value is -4.11. The molecule has 9 heteroatoms. The van der Waals surface area contributed by atoms with Crippen LogP contribution in [0.25, 0.3) is 10.9 Å². The molecule has 2 aromatic heterocycles. The molecular weight excluding hydrogens is 434 g/mol. The zero-order valence-corrected chi connectivity index (χ0v) is 18.6. The van der Waals surface area contributed by atoms with Crippen LogP contribution in [0.15, 0.2) is 71.5 Å². The number of fused-ring (bicyclic) bond motifs is 1. The number of nitrogens with one attached hydrogen (secondary N) is 3. The number of para-hydroxylation sites is 1. The fourth-order valence-electron chi connectivity index (χ4n) is 3.53. The fourth-order valence-corrected chi connectivity index (χ4v) is 3.53. The molecule has 0 aliphatic carbocycles. The van der Waals surface area contributed by atoms with Crippen molar-refractivity contribution in [3.8, 4) is 0 Å². The first kappa shape index (κ1) is 23.1. The topological polar surface area (TPSA) is 135 Å². The van der Waals surface area contributed by atoms with Crippen molar-refractivity contribution in [2.75, 3.05) is 13.1 Å². The number of H-pyrrole nitrogens is 1. The Morgan fingerprint density at radius 1 is 1.06 bits per heavy atom. The van der Waals surface area contributed by atoms with E-state index in [9.17, 15) is 9.59 Å². The normalized spacial score (nSPS) is 11.8. The third-order valence-electron chi connectivity index (χ3n) is 5.31. The van der Waals surface area contributed by atoms with Crippen molar-refractivity contribution in [2.45, 2.75) is 25.5 Å². The van der Waals surface area contributed by atoms with Gasteiger partial charge in [0.1, 0.15) is 12.9 Å². The number of carbonyl (C=O) groups is 2. The summed E-state index contributed by atoms with van der Waals surface area (Å²) < 4.78 is 10.6. The van der Waals surface area contributed by atoms with Crippen molar-refractivity contribution < 1.29 is 18.7 Å². The van der Waals surface area contributed by atoms with E-state index in [1.165, 1.54) is 6.26 Å². The van der Waals surface area contributed by atoms with Crippen LogP contribution >= 0.6 is 0 Å². The molecule has 0 spiro atoms. The second-order valence-electron chi connectivity index (χ2n) is 7.84. The van der Waals surface area contributed by atoms with Crippen molar-refractivity contribution in [1.29, 1.82) is 0 Å². The van der Waals surface area contributed by atoms with Gasteiger partial charge in [-0.3, -0.25) is 4.79 Å². The highest BCUT2D eigenvalue weighted by Gasteiger charge is 2.18. The quantitative estimate of drug-likeness (QED) is 0.267. The minimum Gasteiger partial charge on any atom is -0.446 e. The molecule has 2 amide bonds. The molecule has 1 atom stereocenters. The predicted octanol–water partition coefficient (Wildman–Crippen LogP) is 3.44. The van der Waals surface area contributed by atoms with Gasteiger partial charge < -0.3 is 30.5 Å². The Labute approximate surface area is 196 Å². The highest BCUT2D eigenvalue weighted by Crippen LogP contribution is 2.23. The van der Waals surface area contributed by atoms with Crippen LogP contribution in [0.2, 0.25) is 0 Å². The number of alkyl carbamates (subject to hydrolysis) is 1. The lowest BCUT2D eigenvalue weighted by Crippen LogP contribution is -2.30. The predicted molar refractivity (Wildman–Crippen MR) is 127 cm³/mol. The number of oxazole rings is 1. The Morgan fingerprint density at radius 2 is 1.82 bits per heavy atom. The third-order valence-corrected chi connectivity index (χ3v) is 5.31. The van der Waals surface area contributed by atoms with E-state index in [1.54, 1.807) is 0 Å². The van der Waals surface area contributed by atoms with E-state index in [1.807, 2.05) is 60.8 Å². The number of hydrogen-bond acceptors (Lipinski definition) is 6. The summed E-state index contributed by atoms with van der Waals surface area (Å²) in [5.74, 6) is -0.0563. The summed E-state index contributed by atoms with van der Waals surface area (Å²) >= 11 is 0. The molecule has 0 saturated heterocycles. The lowest BCUT2D eigenvalue weighted by Gasteiger charge is -2.07. The number of nitrogens with zero attached hydrogens (tertiary/aromatic N) is 1. The minimum atomic E-state index is -0.500. The number of carbonyl (C=O) groups excluding carboxylic acids is 2. The first-order chi connectivity index (χ1) is 16.6. The summed E-state index contributed by atoms with van der Waals surface area (Å²) in [5.41, 5.74) is 9.44. The van der Waals surface area contributed by atoms with Gasteiger partial charge in [-0.05, 0) is 30.0 Å². The average molecular weight is 462 g/mol. The van der Waals surface area contributed by atoms with Crippen LogP contribution in [-0.4, -0.2) is 35.1 Å². The van der Waals surface area contributed by atoms with Crippen molar-refractivity contribution in [3.63, 3.8) is 0 Å². The van der Waals surface area contributed by atoms with Crippen LogP contribution in [0.5, 0.6) is 0 Å². The molecule has 4 aromatic rings. The summed E-state index contributed by atoms with van der Waals surface area (Å²) in [6, 6.07) is 16.9. The van der Waals surface area contributed by atoms with Crippen molar-refractivity contribution >= 4 is 22.9 Å². The van der Waals surface area contributed by atoms with Crippen molar-refractivity contribution in [3.05, 3.63) is 89.8 Å². The Bertz CT molecular complexity index is 1230. The Morgan fingerprint density at radius 3 is 2.68 bits per heavy atom. The molecule has 0 radical (unpaired) electrons. The Balaban J connectivity index is 1.16. The van der Waals surface area contributed by atoms with Crippen molar-refractivity contribution in [1.82, 2.24) is 20.6 Å². The summed E-state index contributed by atoms with van der Waals surface area (Å²) in [6.45, 7) is 0.940. The lowest BCUT2D eigenvalue weighted by atomic mass is 10.1. The largest absolute Gasteiger partial charge is 0.446 e. The highest BCUT2D eigenvalue weighted by atomic mass is 16.5. The van der Waals surface area contributed by atoms with E-state index in [0.717, 1.165) is 22.0 Å². The first-order valence-electron chi connectivity index (χ1n) is 11.1. The van der Waals surface area contributed by atoms with E-state index >= 15 is 0 Å². The number of hydrogen-bond donors (Lipinski definition) is 4. The zero-order valence-electron chi connectivity index (χ0n) is 18.6. The van der Waals surface area contributed by atoms with E-state index in [0.29, 0.717) is 31.8 Å². The smallest absolute Gasteiger partial charge is 0.407 e. The number of aromatic nitrogens is 2. The summed E-state index contributed by atoms with van der Waals surface area (Å²) in [7, 11) is 0. The zero-order chi connectivity index (χ0) is 23.8. The van der Waals surface area contributed by atoms with Crippen LogP contribution in [0.3, 0.4) is 0 Å². The number of aromatic amines is 1. The molecule has 2 aromatic carbocycles. The van der Waals surface area contributed by atoms with Gasteiger partial charge in [0, 0.05) is 30.2 Å². The SMILES string of the molecule is NC(Cc1c[nH]c2ccccc12)c1nc(C(=O)NCCCNC(=O)OCc2ccccc2)co1. The van der Waals surface area contributed by atoms with E-state index in [-0.39, 0.29) is 18.2 Å². The molecule has 0 aliphatic rings. The van der Waals surface area contributed by atoms with Crippen LogP contribution in [-0.2, 0) is 17.8 Å². The molecule has 2 heterocycles. The monoisotopic (exact) mass is 461 g/mol. The second kappa shape index (κ2) is 11.2. The molecule has 0 fully saturated rings. The first-order valence-corrected chi connectivity index (χ1v) is 11.1. The van der Waals surface area contributed by atoms with Gasteiger partial charge in [-0.2, -0.15) is 0 Å². The minimum absolute atomic E-state index is 0.166. The summed E-state index contributed by atoms with van der Waals surface area (Å²) in [6.07, 6.45) is 3.79. The van der Waals surface area contributed by atoms with Crippen molar-refractivity contribution in [2.24, 2.45) is 5.73 Å². The molecule has 0 saturated carbocycles. The van der Waals surface area contributed by atoms with Crippen LogP contribution in [0, 0.1) is 0 Å². The number of amides is 2. The molecule has 0 aliphatic heterocycles. The molecule has 5 N–H and O–H groups in total. The number of benzene rings is 2. The second-order valence-corrected chi connectivity index (χ2v) is 7.84. The maximum absolute atomic E-state index is 12.3. The number of nitrogens with two attached hydrogens (primary N) is 1. The van der Waals surface area contributed by atoms with Gasteiger partial charge in [-0.15, -0.1) is 0 Å². The van der Waals surface area contributed by atoms with Crippen LogP contribution in [0.4, 0.5) is 4.79 Å². The maximum Gasteiger partial charge on any atom is 0.407 e. The summed E-state index contributed by atoms with van der Waals surface area (Å²) in [5, 5.41) is 6.50. The number of ether oxygens (including phenoxy) is 1. The standard InChI is InChI=1S/C25H27N5O4/c26-20(13-18-14-29-21-10-5-4-9-19(18)21)24-30-22(16-33-24)23(31)27-11-6-12-28-25(32)34-15-17-7-2-1-3-8-17/h1-5,7-10,14,16,20,29H,6,11-13,15,26H2,(H,27,31)(H,28,32). The molecule has 0 bridgehead atoms. The van der Waals surface area contributed by atoms with Gasteiger partial charge >= 0.3 is 6.09 Å². The third kappa shape index (κ3) is 6.02. The van der Waals surface area contributed by atoms with E-state index in [4.69, 9.17) is 14.9 Å². The molecule has 34 heavy (non-hydrogen) atoms. The van der Waals surface area contributed by atoms with Gasteiger partial charge in [0.2, 0.25) is 5.89 Å². The molecule has 176 valence electrons. The lowest BCUT2D eigenvalue weighted by molar-refractivity contribution is 0.0948.